The van der Waals surface area contributed by atoms with Gasteiger partial charge in [0.15, 0.2) is 0 Å². The van der Waals surface area contributed by atoms with Crippen LogP contribution in [0.5, 0.6) is 0 Å². The standard InChI is InChI=1S/C14H21Cl2N/c1-3-14(4-2)17(10-9-15)11-12-5-7-13(16)8-6-12/h5-8,14H,3-4,9-11H2,1-2H3. The van der Waals surface area contributed by atoms with E-state index in [1.165, 1.54) is 18.4 Å². The first kappa shape index (κ1) is 14.8. The molecule has 0 spiro atoms. The van der Waals surface area contributed by atoms with E-state index in [0.29, 0.717) is 11.9 Å². The van der Waals surface area contributed by atoms with Crippen LogP contribution in [0.25, 0.3) is 0 Å². The number of hydrogen-bond acceptors (Lipinski definition) is 1. The van der Waals surface area contributed by atoms with E-state index in [0.717, 1.165) is 18.1 Å². The Morgan fingerprint density at radius 3 is 2.18 bits per heavy atom. The molecule has 1 nitrogen and oxygen atoms in total. The van der Waals surface area contributed by atoms with Crippen LogP contribution in [0.3, 0.4) is 0 Å². The van der Waals surface area contributed by atoms with E-state index in [1.54, 1.807) is 0 Å². The fourth-order valence-electron chi connectivity index (χ4n) is 2.13. The first-order valence-corrected chi connectivity index (χ1v) is 7.17. The highest BCUT2D eigenvalue weighted by Gasteiger charge is 2.14. The zero-order valence-corrected chi connectivity index (χ0v) is 12.1. The van der Waals surface area contributed by atoms with Gasteiger partial charge in [-0.05, 0) is 30.5 Å². The van der Waals surface area contributed by atoms with Gasteiger partial charge >= 0.3 is 0 Å². The van der Waals surface area contributed by atoms with Crippen molar-refractivity contribution >= 4 is 23.2 Å². The Bertz CT molecular complexity index is 307. The maximum absolute atomic E-state index is 5.89. The van der Waals surface area contributed by atoms with E-state index in [2.05, 4.69) is 30.9 Å². The first-order chi connectivity index (χ1) is 8.21. The summed E-state index contributed by atoms with van der Waals surface area (Å²) in [5.41, 5.74) is 1.30. The zero-order chi connectivity index (χ0) is 12.7. The molecule has 0 fully saturated rings. The molecule has 0 atom stereocenters. The molecule has 0 heterocycles. The predicted octanol–water partition coefficient (Wildman–Crippen LogP) is 4.57. The van der Waals surface area contributed by atoms with Crippen LogP contribution in [0, 0.1) is 0 Å². The number of rotatable bonds is 7. The van der Waals surface area contributed by atoms with Gasteiger partial charge in [0, 0.05) is 30.0 Å². The second-order valence-electron chi connectivity index (χ2n) is 4.26. The van der Waals surface area contributed by atoms with Crippen molar-refractivity contribution in [3.05, 3.63) is 34.9 Å². The van der Waals surface area contributed by atoms with Gasteiger partial charge in [0.1, 0.15) is 0 Å². The molecular formula is C14H21Cl2N. The Hall–Kier alpha value is -0.240. The third-order valence-corrected chi connectivity index (χ3v) is 3.55. The Labute approximate surface area is 115 Å². The van der Waals surface area contributed by atoms with E-state index in [4.69, 9.17) is 23.2 Å². The average Bonchev–Trinajstić information content (AvgIpc) is 2.34. The highest BCUT2D eigenvalue weighted by molar-refractivity contribution is 6.30. The average molecular weight is 274 g/mol. The molecule has 3 heteroatoms. The zero-order valence-electron chi connectivity index (χ0n) is 10.6. The van der Waals surface area contributed by atoms with Gasteiger partial charge in [0.05, 0.1) is 0 Å². The van der Waals surface area contributed by atoms with Crippen molar-refractivity contribution in [3.63, 3.8) is 0 Å². The molecule has 96 valence electrons. The van der Waals surface area contributed by atoms with E-state index in [9.17, 15) is 0 Å². The number of halogens is 2. The molecule has 1 aromatic rings. The van der Waals surface area contributed by atoms with Crippen molar-refractivity contribution in [1.82, 2.24) is 4.90 Å². The van der Waals surface area contributed by atoms with E-state index in [1.807, 2.05) is 12.1 Å². The number of alkyl halides is 1. The third-order valence-electron chi connectivity index (χ3n) is 3.13. The fraction of sp³-hybridized carbons (Fsp3) is 0.571. The van der Waals surface area contributed by atoms with Crippen molar-refractivity contribution in [1.29, 1.82) is 0 Å². The summed E-state index contributed by atoms with van der Waals surface area (Å²) in [7, 11) is 0. The van der Waals surface area contributed by atoms with E-state index >= 15 is 0 Å². The third kappa shape index (κ3) is 4.87. The largest absolute Gasteiger partial charge is 0.295 e. The van der Waals surface area contributed by atoms with Gasteiger partial charge in [0.25, 0.3) is 0 Å². The van der Waals surface area contributed by atoms with E-state index in [-0.39, 0.29) is 0 Å². The molecule has 0 N–H and O–H groups in total. The van der Waals surface area contributed by atoms with Gasteiger partial charge in [-0.25, -0.2) is 0 Å². The van der Waals surface area contributed by atoms with Gasteiger partial charge in [-0.2, -0.15) is 0 Å². The molecule has 0 aromatic heterocycles. The Morgan fingerprint density at radius 1 is 1.12 bits per heavy atom. The molecular weight excluding hydrogens is 253 g/mol. The second-order valence-corrected chi connectivity index (χ2v) is 5.07. The Kier molecular flexibility index (Phi) is 6.94. The molecule has 1 rings (SSSR count). The minimum atomic E-state index is 0.615. The summed E-state index contributed by atoms with van der Waals surface area (Å²) >= 11 is 11.8. The Morgan fingerprint density at radius 2 is 1.71 bits per heavy atom. The molecule has 0 bridgehead atoms. The normalized spacial score (nSPS) is 11.4. The molecule has 17 heavy (non-hydrogen) atoms. The van der Waals surface area contributed by atoms with Crippen LogP contribution in [0.2, 0.25) is 5.02 Å². The topological polar surface area (TPSA) is 3.24 Å². The van der Waals surface area contributed by atoms with Gasteiger partial charge in [-0.3, -0.25) is 4.90 Å². The van der Waals surface area contributed by atoms with Crippen LogP contribution >= 0.6 is 23.2 Å². The lowest BCUT2D eigenvalue weighted by Gasteiger charge is -2.29. The lowest BCUT2D eigenvalue weighted by Crippen LogP contribution is -2.35. The fourth-order valence-corrected chi connectivity index (χ4v) is 2.47. The lowest BCUT2D eigenvalue weighted by molar-refractivity contribution is 0.188. The predicted molar refractivity (Wildman–Crippen MR) is 77.0 cm³/mol. The summed E-state index contributed by atoms with van der Waals surface area (Å²) in [5, 5.41) is 0.792. The van der Waals surface area contributed by atoms with Crippen molar-refractivity contribution in [3.8, 4) is 0 Å². The number of hydrogen-bond donors (Lipinski definition) is 0. The minimum absolute atomic E-state index is 0.615. The van der Waals surface area contributed by atoms with Crippen LogP contribution in [-0.4, -0.2) is 23.4 Å². The molecule has 0 aliphatic heterocycles. The molecule has 0 aliphatic rings. The molecule has 1 aromatic carbocycles. The second kappa shape index (κ2) is 7.97. The maximum atomic E-state index is 5.89. The van der Waals surface area contributed by atoms with Crippen LogP contribution in [0.1, 0.15) is 32.3 Å². The van der Waals surface area contributed by atoms with Gasteiger partial charge < -0.3 is 0 Å². The monoisotopic (exact) mass is 273 g/mol. The molecule has 0 saturated carbocycles. The summed E-state index contributed by atoms with van der Waals surface area (Å²) in [6.45, 7) is 6.36. The molecule has 0 radical (unpaired) electrons. The van der Waals surface area contributed by atoms with E-state index < -0.39 is 0 Å². The minimum Gasteiger partial charge on any atom is -0.295 e. The quantitative estimate of drug-likeness (QED) is 0.658. The molecule has 0 amide bonds. The SMILES string of the molecule is CCC(CC)N(CCCl)Cc1ccc(Cl)cc1. The van der Waals surface area contributed by atoms with Crippen molar-refractivity contribution in [2.45, 2.75) is 39.3 Å². The first-order valence-electron chi connectivity index (χ1n) is 6.25. The van der Waals surface area contributed by atoms with Gasteiger partial charge in [-0.1, -0.05) is 37.6 Å². The number of benzene rings is 1. The number of nitrogens with zero attached hydrogens (tertiary/aromatic N) is 1. The summed E-state index contributed by atoms with van der Waals surface area (Å²) in [5.74, 6) is 0.685. The van der Waals surface area contributed by atoms with Crippen LogP contribution in [0.15, 0.2) is 24.3 Å². The van der Waals surface area contributed by atoms with Crippen molar-refractivity contribution < 1.29 is 0 Å². The molecule has 0 unspecified atom stereocenters. The Balaban J connectivity index is 2.68. The highest BCUT2D eigenvalue weighted by atomic mass is 35.5. The van der Waals surface area contributed by atoms with Crippen LogP contribution in [0.4, 0.5) is 0 Å². The summed E-state index contributed by atoms with van der Waals surface area (Å²) in [4.78, 5) is 2.45. The van der Waals surface area contributed by atoms with Gasteiger partial charge in [-0.15, -0.1) is 11.6 Å². The lowest BCUT2D eigenvalue weighted by atomic mass is 10.1. The van der Waals surface area contributed by atoms with Crippen LogP contribution in [-0.2, 0) is 6.54 Å². The van der Waals surface area contributed by atoms with Crippen LogP contribution < -0.4 is 0 Å². The summed E-state index contributed by atoms with van der Waals surface area (Å²) in [6, 6.07) is 8.69. The highest BCUT2D eigenvalue weighted by Crippen LogP contribution is 2.15. The van der Waals surface area contributed by atoms with Crippen molar-refractivity contribution in [2.24, 2.45) is 0 Å². The molecule has 0 saturated heterocycles. The smallest absolute Gasteiger partial charge is 0.0406 e. The summed E-state index contributed by atoms with van der Waals surface area (Å²) in [6.07, 6.45) is 2.34. The molecule has 0 aliphatic carbocycles. The van der Waals surface area contributed by atoms with Gasteiger partial charge in [0.2, 0.25) is 0 Å². The maximum Gasteiger partial charge on any atom is 0.0406 e. The summed E-state index contributed by atoms with van der Waals surface area (Å²) < 4.78 is 0. The van der Waals surface area contributed by atoms with Crippen molar-refractivity contribution in [2.75, 3.05) is 12.4 Å².